The van der Waals surface area contributed by atoms with Crippen LogP contribution in [0.2, 0.25) is 0 Å². The highest BCUT2D eigenvalue weighted by Crippen LogP contribution is 2.25. The van der Waals surface area contributed by atoms with Gasteiger partial charge in [-0.2, -0.15) is 0 Å². The van der Waals surface area contributed by atoms with Crippen LogP contribution in [-0.2, 0) is 16.1 Å². The number of amides is 1. The molecule has 1 fully saturated rings. The summed E-state index contributed by atoms with van der Waals surface area (Å²) in [5.74, 6) is 0.710. The first-order valence-corrected chi connectivity index (χ1v) is 7.37. The minimum atomic E-state index is -0.682. The van der Waals surface area contributed by atoms with Crippen molar-refractivity contribution < 1.29 is 9.53 Å². The molecule has 2 N–H and O–H groups in total. The Balaban J connectivity index is 1.74. The Labute approximate surface area is 124 Å². The van der Waals surface area contributed by atoms with E-state index in [1.165, 1.54) is 11.1 Å². The Kier molecular flexibility index (Phi) is 3.45. The van der Waals surface area contributed by atoms with Crippen LogP contribution in [0.4, 0.5) is 0 Å². The molecule has 3 rings (SSSR count). The highest BCUT2D eigenvalue weighted by Gasteiger charge is 2.37. The predicted molar refractivity (Wildman–Crippen MR) is 81.0 cm³/mol. The van der Waals surface area contributed by atoms with Crippen molar-refractivity contribution in [3.63, 3.8) is 0 Å². The molecule has 1 aliphatic heterocycles. The van der Waals surface area contributed by atoms with Gasteiger partial charge in [0, 0.05) is 6.61 Å². The van der Waals surface area contributed by atoms with Crippen LogP contribution in [0.25, 0.3) is 11.0 Å². The molecule has 112 valence electrons. The summed E-state index contributed by atoms with van der Waals surface area (Å²) in [6.45, 7) is 7.04. The summed E-state index contributed by atoms with van der Waals surface area (Å²) in [6.07, 6.45) is 1.71. The summed E-state index contributed by atoms with van der Waals surface area (Å²) >= 11 is 0. The van der Waals surface area contributed by atoms with E-state index in [1.54, 1.807) is 0 Å². The van der Waals surface area contributed by atoms with Gasteiger partial charge in [0.1, 0.15) is 11.4 Å². The van der Waals surface area contributed by atoms with Crippen molar-refractivity contribution in [1.82, 2.24) is 15.3 Å². The average Bonchev–Trinajstić information content (AvgIpc) is 3.08. The number of aryl methyl sites for hydroxylation is 2. The zero-order valence-corrected chi connectivity index (χ0v) is 12.7. The van der Waals surface area contributed by atoms with Crippen LogP contribution in [0.1, 0.15) is 36.7 Å². The summed E-state index contributed by atoms with van der Waals surface area (Å²) in [6, 6.07) is 4.10. The Bertz CT molecular complexity index is 684. The lowest BCUT2D eigenvalue weighted by Gasteiger charge is -2.21. The second-order valence-corrected chi connectivity index (χ2v) is 5.95. The number of benzene rings is 1. The van der Waals surface area contributed by atoms with E-state index in [1.807, 2.05) is 13.0 Å². The van der Waals surface area contributed by atoms with Gasteiger partial charge in [-0.1, -0.05) is 6.07 Å². The van der Waals surface area contributed by atoms with E-state index in [-0.39, 0.29) is 5.91 Å². The maximum Gasteiger partial charge on any atom is 0.252 e. The third-order valence-corrected chi connectivity index (χ3v) is 4.34. The number of ether oxygens (including phenoxy) is 1. The van der Waals surface area contributed by atoms with Crippen molar-refractivity contribution in [3.05, 3.63) is 29.1 Å². The average molecular weight is 287 g/mol. The fraction of sp³-hybridized carbons (Fsp3) is 0.500. The van der Waals surface area contributed by atoms with Crippen molar-refractivity contribution >= 4 is 16.9 Å². The lowest BCUT2D eigenvalue weighted by molar-refractivity contribution is -0.139. The largest absolute Gasteiger partial charge is 0.365 e. The summed E-state index contributed by atoms with van der Waals surface area (Å²) in [4.78, 5) is 20.0. The molecular formula is C16H21N3O2. The summed E-state index contributed by atoms with van der Waals surface area (Å²) < 4.78 is 5.54. The van der Waals surface area contributed by atoms with Gasteiger partial charge in [0.05, 0.1) is 17.6 Å². The van der Waals surface area contributed by atoms with Gasteiger partial charge < -0.3 is 15.0 Å². The van der Waals surface area contributed by atoms with Gasteiger partial charge in [0.25, 0.3) is 5.91 Å². The number of nitrogens with one attached hydrogen (secondary N) is 2. The first kappa shape index (κ1) is 14.1. The number of carbonyl (C=O) groups is 1. The van der Waals surface area contributed by atoms with Gasteiger partial charge in [-0.3, -0.25) is 4.79 Å². The molecule has 0 aliphatic carbocycles. The van der Waals surface area contributed by atoms with Crippen LogP contribution in [0.3, 0.4) is 0 Å². The van der Waals surface area contributed by atoms with Crippen LogP contribution in [0, 0.1) is 13.8 Å². The second-order valence-electron chi connectivity index (χ2n) is 5.95. The number of nitrogens with zero attached hydrogens (tertiary/aromatic N) is 1. The van der Waals surface area contributed by atoms with Crippen LogP contribution < -0.4 is 5.32 Å². The lowest BCUT2D eigenvalue weighted by Crippen LogP contribution is -2.43. The number of fused-ring (bicyclic) bond motifs is 1. The maximum absolute atomic E-state index is 12.2. The number of aromatic nitrogens is 2. The van der Waals surface area contributed by atoms with Crippen molar-refractivity contribution in [2.45, 2.75) is 45.8 Å². The van der Waals surface area contributed by atoms with Crippen molar-refractivity contribution in [1.29, 1.82) is 0 Å². The minimum absolute atomic E-state index is 0.0617. The van der Waals surface area contributed by atoms with Gasteiger partial charge in [-0.25, -0.2) is 4.98 Å². The first-order valence-electron chi connectivity index (χ1n) is 7.37. The number of imidazole rings is 1. The van der Waals surface area contributed by atoms with E-state index in [0.717, 1.165) is 29.7 Å². The number of hydrogen-bond donors (Lipinski definition) is 2. The Hall–Kier alpha value is -1.88. The molecule has 1 aliphatic rings. The minimum Gasteiger partial charge on any atom is -0.365 e. The van der Waals surface area contributed by atoms with Gasteiger partial charge in [0.15, 0.2) is 0 Å². The summed E-state index contributed by atoms with van der Waals surface area (Å²) in [7, 11) is 0. The SMILES string of the molecule is Cc1ccc2[nH]c(CNC(=O)[C@@]3(C)CCCO3)nc2c1C. The quantitative estimate of drug-likeness (QED) is 0.910. The van der Waals surface area contributed by atoms with Gasteiger partial charge in [-0.05, 0) is 50.8 Å². The van der Waals surface area contributed by atoms with E-state index in [0.29, 0.717) is 13.2 Å². The number of rotatable bonds is 3. The standard InChI is InChI=1S/C16H21N3O2/c1-10-5-6-12-14(11(10)2)19-13(18-12)9-17-15(20)16(3)7-4-8-21-16/h5-6H,4,7-9H2,1-3H3,(H,17,20)(H,18,19)/t16-/m1/s1. The monoisotopic (exact) mass is 287 g/mol. The molecule has 5 heteroatoms. The Morgan fingerprint density at radius 3 is 3.00 bits per heavy atom. The van der Waals surface area contributed by atoms with Crippen LogP contribution >= 0.6 is 0 Å². The molecule has 2 aromatic rings. The fourth-order valence-electron chi connectivity index (χ4n) is 2.76. The molecule has 0 spiro atoms. The normalized spacial score (nSPS) is 21.9. The van der Waals surface area contributed by atoms with E-state index in [2.05, 4.69) is 35.2 Å². The fourth-order valence-corrected chi connectivity index (χ4v) is 2.76. The van der Waals surface area contributed by atoms with Gasteiger partial charge in [0.2, 0.25) is 0 Å². The van der Waals surface area contributed by atoms with Gasteiger partial charge in [-0.15, -0.1) is 0 Å². The molecule has 0 unspecified atom stereocenters. The number of H-pyrrole nitrogens is 1. The Morgan fingerprint density at radius 1 is 1.48 bits per heavy atom. The summed E-state index contributed by atoms with van der Waals surface area (Å²) in [5, 5.41) is 2.92. The molecule has 1 aromatic carbocycles. The molecule has 1 atom stereocenters. The number of aromatic amines is 1. The molecule has 1 amide bonds. The lowest BCUT2D eigenvalue weighted by atomic mass is 10.0. The van der Waals surface area contributed by atoms with Crippen LogP contribution in [0.5, 0.6) is 0 Å². The van der Waals surface area contributed by atoms with Gasteiger partial charge >= 0.3 is 0 Å². The maximum atomic E-state index is 12.2. The second kappa shape index (κ2) is 5.15. The summed E-state index contributed by atoms with van der Waals surface area (Å²) in [5.41, 5.74) is 3.69. The highest BCUT2D eigenvalue weighted by atomic mass is 16.5. The first-order chi connectivity index (χ1) is 9.99. The van der Waals surface area contributed by atoms with Crippen molar-refractivity contribution in [2.75, 3.05) is 6.61 Å². The molecule has 21 heavy (non-hydrogen) atoms. The smallest absolute Gasteiger partial charge is 0.252 e. The van der Waals surface area contributed by atoms with E-state index < -0.39 is 5.60 Å². The third kappa shape index (κ3) is 2.53. The Morgan fingerprint density at radius 2 is 2.29 bits per heavy atom. The molecule has 1 saturated heterocycles. The topological polar surface area (TPSA) is 67.0 Å². The zero-order chi connectivity index (χ0) is 15.0. The number of carbonyl (C=O) groups excluding carboxylic acids is 1. The van der Waals surface area contributed by atoms with E-state index in [9.17, 15) is 4.79 Å². The third-order valence-electron chi connectivity index (χ3n) is 4.34. The molecule has 0 radical (unpaired) electrons. The zero-order valence-electron chi connectivity index (χ0n) is 12.7. The van der Waals surface area contributed by atoms with Crippen molar-refractivity contribution in [2.24, 2.45) is 0 Å². The van der Waals surface area contributed by atoms with Crippen LogP contribution in [-0.4, -0.2) is 28.1 Å². The van der Waals surface area contributed by atoms with Crippen LogP contribution in [0.15, 0.2) is 12.1 Å². The molecule has 1 aromatic heterocycles. The van der Waals surface area contributed by atoms with Crippen molar-refractivity contribution in [3.8, 4) is 0 Å². The molecule has 5 nitrogen and oxygen atoms in total. The highest BCUT2D eigenvalue weighted by molar-refractivity contribution is 5.85. The molecular weight excluding hydrogens is 266 g/mol. The molecule has 0 bridgehead atoms. The molecule has 0 saturated carbocycles. The van der Waals surface area contributed by atoms with E-state index in [4.69, 9.17) is 4.74 Å². The predicted octanol–water partition coefficient (Wildman–Crippen LogP) is 2.37. The number of hydrogen-bond acceptors (Lipinski definition) is 3. The van der Waals surface area contributed by atoms with E-state index >= 15 is 0 Å². The molecule has 2 heterocycles.